The van der Waals surface area contributed by atoms with Crippen molar-refractivity contribution in [3.05, 3.63) is 54.5 Å². The number of halogens is 1. The standard InChI is InChI=1S/C23H25FN4O4/c1-31-17-10-7-15(8-11-17)19-14-32-23(27-19)28(20-12-9-16(24)13-18(20)25)22(30)6-4-2-3-5-21(26)29/h7-14H,2-6,25H2,1H3,(H2,26,29). The zero-order valence-corrected chi connectivity index (χ0v) is 17.7. The second kappa shape index (κ2) is 10.4. The summed E-state index contributed by atoms with van der Waals surface area (Å²) in [5, 5.41) is 0. The fraction of sp³-hybridized carbons (Fsp3) is 0.261. The van der Waals surface area contributed by atoms with Gasteiger partial charge in [0.15, 0.2) is 0 Å². The van der Waals surface area contributed by atoms with E-state index in [9.17, 15) is 14.0 Å². The highest BCUT2D eigenvalue weighted by atomic mass is 19.1. The zero-order valence-electron chi connectivity index (χ0n) is 17.7. The number of hydrogen-bond acceptors (Lipinski definition) is 6. The number of nitrogens with two attached hydrogens (primary N) is 2. The van der Waals surface area contributed by atoms with Crippen LogP contribution in [0.2, 0.25) is 0 Å². The van der Waals surface area contributed by atoms with Gasteiger partial charge in [-0.15, -0.1) is 0 Å². The molecule has 0 radical (unpaired) electrons. The molecule has 0 saturated carbocycles. The van der Waals surface area contributed by atoms with Crippen LogP contribution in [0, 0.1) is 5.82 Å². The van der Waals surface area contributed by atoms with Crippen LogP contribution in [0.1, 0.15) is 32.1 Å². The summed E-state index contributed by atoms with van der Waals surface area (Å²) in [6, 6.07) is 11.0. The Labute approximate surface area is 185 Å². The van der Waals surface area contributed by atoms with Crippen molar-refractivity contribution in [2.24, 2.45) is 5.73 Å². The lowest BCUT2D eigenvalue weighted by Gasteiger charge is -2.20. The maximum atomic E-state index is 13.6. The van der Waals surface area contributed by atoms with Crippen LogP contribution in [-0.4, -0.2) is 23.9 Å². The summed E-state index contributed by atoms with van der Waals surface area (Å²) in [5.41, 5.74) is 12.8. The summed E-state index contributed by atoms with van der Waals surface area (Å²) < 4.78 is 24.4. The molecule has 0 aliphatic carbocycles. The number of primary amides is 1. The number of rotatable bonds is 10. The highest BCUT2D eigenvalue weighted by molar-refractivity contribution is 6.01. The Balaban J connectivity index is 1.84. The number of carbonyl (C=O) groups is 2. The second-order valence-corrected chi connectivity index (χ2v) is 7.20. The van der Waals surface area contributed by atoms with Gasteiger partial charge in [-0.25, -0.2) is 9.29 Å². The lowest BCUT2D eigenvalue weighted by atomic mass is 10.1. The van der Waals surface area contributed by atoms with Crippen LogP contribution < -0.4 is 21.1 Å². The number of ether oxygens (including phenoxy) is 1. The van der Waals surface area contributed by atoms with Crippen molar-refractivity contribution in [2.75, 3.05) is 17.7 Å². The van der Waals surface area contributed by atoms with Crippen LogP contribution in [0.25, 0.3) is 11.3 Å². The van der Waals surface area contributed by atoms with Gasteiger partial charge in [-0.05, 0) is 55.3 Å². The predicted molar refractivity (Wildman–Crippen MR) is 119 cm³/mol. The molecule has 0 aliphatic rings. The number of benzene rings is 2. The van der Waals surface area contributed by atoms with Gasteiger partial charge in [0, 0.05) is 18.4 Å². The first-order chi connectivity index (χ1) is 15.4. The highest BCUT2D eigenvalue weighted by Gasteiger charge is 2.25. The van der Waals surface area contributed by atoms with E-state index in [-0.39, 0.29) is 42.0 Å². The monoisotopic (exact) mass is 440 g/mol. The van der Waals surface area contributed by atoms with Gasteiger partial charge < -0.3 is 20.6 Å². The lowest BCUT2D eigenvalue weighted by Crippen LogP contribution is -2.27. The number of hydrogen-bond donors (Lipinski definition) is 2. The average molecular weight is 440 g/mol. The van der Waals surface area contributed by atoms with E-state index < -0.39 is 5.82 Å². The molecule has 2 aromatic carbocycles. The van der Waals surface area contributed by atoms with Crippen molar-refractivity contribution in [1.29, 1.82) is 0 Å². The number of carbonyl (C=O) groups excluding carboxylic acids is 2. The van der Waals surface area contributed by atoms with Crippen molar-refractivity contribution in [2.45, 2.75) is 32.1 Å². The first kappa shape index (κ1) is 22.8. The van der Waals surface area contributed by atoms with E-state index in [1.54, 1.807) is 19.2 Å². The molecule has 0 aliphatic heterocycles. The molecule has 0 atom stereocenters. The van der Waals surface area contributed by atoms with E-state index in [1.165, 1.54) is 23.3 Å². The van der Waals surface area contributed by atoms with Crippen molar-refractivity contribution >= 4 is 29.2 Å². The Kier molecular flexibility index (Phi) is 7.43. The molecule has 168 valence electrons. The third-order valence-corrected chi connectivity index (χ3v) is 4.86. The first-order valence-corrected chi connectivity index (χ1v) is 10.1. The number of nitrogen functional groups attached to an aromatic ring is 1. The Morgan fingerprint density at radius 2 is 1.81 bits per heavy atom. The van der Waals surface area contributed by atoms with Crippen LogP contribution in [-0.2, 0) is 9.59 Å². The summed E-state index contributed by atoms with van der Waals surface area (Å²) >= 11 is 0. The molecule has 1 aromatic heterocycles. The van der Waals surface area contributed by atoms with Crippen LogP contribution in [0.3, 0.4) is 0 Å². The van der Waals surface area contributed by atoms with Crippen LogP contribution in [0.15, 0.2) is 53.1 Å². The maximum absolute atomic E-state index is 13.6. The van der Waals surface area contributed by atoms with Gasteiger partial charge in [-0.2, -0.15) is 4.98 Å². The van der Waals surface area contributed by atoms with E-state index in [0.717, 1.165) is 11.6 Å². The maximum Gasteiger partial charge on any atom is 0.309 e. The number of anilines is 3. The molecule has 3 aromatic rings. The molecular weight excluding hydrogens is 415 g/mol. The minimum atomic E-state index is -0.517. The summed E-state index contributed by atoms with van der Waals surface area (Å²) in [7, 11) is 1.58. The lowest BCUT2D eigenvalue weighted by molar-refractivity contribution is -0.118. The zero-order chi connectivity index (χ0) is 23.1. The topological polar surface area (TPSA) is 125 Å². The minimum absolute atomic E-state index is 0.0243. The summed E-state index contributed by atoms with van der Waals surface area (Å²) in [5.74, 6) is -0.505. The van der Waals surface area contributed by atoms with Gasteiger partial charge in [0.1, 0.15) is 23.5 Å². The summed E-state index contributed by atoms with van der Waals surface area (Å²) in [6.07, 6.45) is 3.66. The quantitative estimate of drug-likeness (QED) is 0.360. The molecular formula is C23H25FN4O4. The Bertz CT molecular complexity index is 1080. The molecule has 4 N–H and O–H groups in total. The molecule has 0 saturated heterocycles. The minimum Gasteiger partial charge on any atom is -0.497 e. The van der Waals surface area contributed by atoms with Gasteiger partial charge in [0.2, 0.25) is 11.8 Å². The molecule has 2 amide bonds. The molecule has 9 heteroatoms. The number of aromatic nitrogens is 1. The fourth-order valence-corrected chi connectivity index (χ4v) is 3.20. The molecule has 32 heavy (non-hydrogen) atoms. The smallest absolute Gasteiger partial charge is 0.309 e. The average Bonchev–Trinajstić information content (AvgIpc) is 3.25. The molecule has 1 heterocycles. The summed E-state index contributed by atoms with van der Waals surface area (Å²) in [4.78, 5) is 29.6. The number of nitrogens with zero attached hydrogens (tertiary/aromatic N) is 2. The summed E-state index contributed by atoms with van der Waals surface area (Å²) in [6.45, 7) is 0. The molecule has 0 spiro atoms. The van der Waals surface area contributed by atoms with Crippen LogP contribution in [0.5, 0.6) is 5.75 Å². The van der Waals surface area contributed by atoms with E-state index in [4.69, 9.17) is 20.6 Å². The van der Waals surface area contributed by atoms with Crippen molar-refractivity contribution < 1.29 is 23.1 Å². The van der Waals surface area contributed by atoms with Gasteiger partial charge in [0.25, 0.3) is 0 Å². The molecule has 8 nitrogen and oxygen atoms in total. The molecule has 0 unspecified atom stereocenters. The first-order valence-electron chi connectivity index (χ1n) is 10.1. The van der Waals surface area contributed by atoms with Crippen molar-refractivity contribution in [1.82, 2.24) is 4.98 Å². The number of methoxy groups -OCH3 is 1. The largest absolute Gasteiger partial charge is 0.497 e. The fourth-order valence-electron chi connectivity index (χ4n) is 3.20. The third-order valence-electron chi connectivity index (χ3n) is 4.86. The van der Waals surface area contributed by atoms with Gasteiger partial charge >= 0.3 is 6.01 Å². The number of oxazole rings is 1. The van der Waals surface area contributed by atoms with E-state index in [2.05, 4.69) is 4.98 Å². The van der Waals surface area contributed by atoms with E-state index in [0.29, 0.717) is 30.7 Å². The Morgan fingerprint density at radius 3 is 2.47 bits per heavy atom. The number of amides is 2. The van der Waals surface area contributed by atoms with Crippen molar-refractivity contribution in [3.63, 3.8) is 0 Å². The second-order valence-electron chi connectivity index (χ2n) is 7.20. The third kappa shape index (κ3) is 5.63. The number of unbranched alkanes of at least 4 members (excludes halogenated alkanes) is 2. The predicted octanol–water partition coefficient (Wildman–Crippen LogP) is 4.17. The van der Waals surface area contributed by atoms with Gasteiger partial charge in [-0.3, -0.25) is 9.59 Å². The van der Waals surface area contributed by atoms with Gasteiger partial charge in [-0.1, -0.05) is 6.42 Å². The van der Waals surface area contributed by atoms with Crippen molar-refractivity contribution in [3.8, 4) is 17.0 Å². The normalized spacial score (nSPS) is 10.7. The Hall–Kier alpha value is -3.88. The highest BCUT2D eigenvalue weighted by Crippen LogP contribution is 2.33. The molecule has 0 fully saturated rings. The molecule has 3 rings (SSSR count). The Morgan fingerprint density at radius 1 is 1.09 bits per heavy atom. The van der Waals surface area contributed by atoms with Gasteiger partial charge in [0.05, 0.1) is 18.5 Å². The van der Waals surface area contributed by atoms with E-state index in [1.807, 2.05) is 12.1 Å². The SMILES string of the molecule is COc1ccc(-c2coc(N(C(=O)CCCCCC(N)=O)c3ccc(F)cc3N)n2)cc1. The van der Waals surface area contributed by atoms with E-state index >= 15 is 0 Å². The van der Waals surface area contributed by atoms with Crippen LogP contribution >= 0.6 is 0 Å². The molecule has 0 bridgehead atoms. The van der Waals surface area contributed by atoms with Crippen LogP contribution in [0.4, 0.5) is 21.8 Å².